The Morgan fingerprint density at radius 2 is 1.86 bits per heavy atom. The molecule has 4 heteroatoms. The average Bonchev–Trinajstić information content (AvgIpc) is 2.41. The predicted octanol–water partition coefficient (Wildman–Crippen LogP) is 2.86. The van der Waals surface area contributed by atoms with Crippen molar-refractivity contribution in [1.29, 1.82) is 0 Å². The molecule has 0 aliphatic carbocycles. The van der Waals surface area contributed by atoms with Crippen LogP contribution in [0.15, 0.2) is 35.1 Å². The summed E-state index contributed by atoms with van der Waals surface area (Å²) in [6.45, 7) is 7.81. The van der Waals surface area contributed by atoms with Gasteiger partial charge in [0.05, 0.1) is 16.9 Å². The molecular weight excluding hydrogens is 264 g/mol. The van der Waals surface area contributed by atoms with E-state index in [1.165, 1.54) is 10.2 Å². The fourth-order valence-corrected chi connectivity index (χ4v) is 2.21. The average molecular weight is 286 g/mol. The summed E-state index contributed by atoms with van der Waals surface area (Å²) in [5.74, 6) is 0. The number of aryl methyl sites for hydroxylation is 2. The minimum absolute atomic E-state index is 0.222. The van der Waals surface area contributed by atoms with Crippen LogP contribution in [0.25, 0.3) is 11.3 Å². The third-order valence-electron chi connectivity index (χ3n) is 3.42. The third-order valence-corrected chi connectivity index (χ3v) is 3.42. The molecule has 0 atom stereocenters. The van der Waals surface area contributed by atoms with E-state index in [4.69, 9.17) is 0 Å². The number of aromatic nitrogens is 2. The smallest absolute Gasteiger partial charge is 0.272 e. The van der Waals surface area contributed by atoms with Gasteiger partial charge in [-0.1, -0.05) is 36.8 Å². The lowest BCUT2D eigenvalue weighted by molar-refractivity contribution is 0.0761. The van der Waals surface area contributed by atoms with Crippen molar-refractivity contribution in [2.24, 2.45) is 0 Å². The quantitative estimate of drug-likeness (QED) is 0.940. The lowest BCUT2D eigenvalue weighted by Crippen LogP contribution is -2.33. The van der Waals surface area contributed by atoms with Crippen molar-refractivity contribution in [2.45, 2.75) is 46.3 Å². The second kappa shape index (κ2) is 5.82. The molecule has 0 bridgehead atoms. The minimum Gasteiger partial charge on any atom is -0.386 e. The molecule has 0 aliphatic heterocycles. The summed E-state index contributed by atoms with van der Waals surface area (Å²) in [7, 11) is 0. The number of hydrogen-bond donors (Lipinski definition) is 1. The molecular formula is C17H22N2O2. The summed E-state index contributed by atoms with van der Waals surface area (Å²) < 4.78 is 1.45. The van der Waals surface area contributed by atoms with Crippen LogP contribution in [0.5, 0.6) is 0 Å². The van der Waals surface area contributed by atoms with Gasteiger partial charge in [-0.2, -0.15) is 5.10 Å². The lowest BCUT2D eigenvalue weighted by Gasteiger charge is -2.19. The Labute approximate surface area is 125 Å². The molecule has 0 amide bonds. The molecule has 1 heterocycles. The van der Waals surface area contributed by atoms with Gasteiger partial charge in [0.25, 0.3) is 5.56 Å². The monoisotopic (exact) mass is 286 g/mol. The zero-order chi connectivity index (χ0) is 15.6. The molecule has 21 heavy (non-hydrogen) atoms. The fourth-order valence-electron chi connectivity index (χ4n) is 2.21. The standard InChI is InChI=1S/C17H22N2O2/c1-5-10-19-16(20)14(17(3,4)21)11-15(18-19)13-8-6-12(2)7-9-13/h6-9,11,21H,5,10H2,1-4H3. The summed E-state index contributed by atoms with van der Waals surface area (Å²) in [4.78, 5) is 12.4. The van der Waals surface area contributed by atoms with Crippen molar-refractivity contribution in [3.8, 4) is 11.3 Å². The maximum Gasteiger partial charge on any atom is 0.272 e. The van der Waals surface area contributed by atoms with E-state index in [1.54, 1.807) is 19.9 Å². The molecule has 0 spiro atoms. The van der Waals surface area contributed by atoms with Crippen LogP contribution in [0.4, 0.5) is 0 Å². The molecule has 2 rings (SSSR count). The van der Waals surface area contributed by atoms with Gasteiger partial charge in [-0.25, -0.2) is 4.68 Å². The highest BCUT2D eigenvalue weighted by Gasteiger charge is 2.23. The number of hydrogen-bond acceptors (Lipinski definition) is 3. The van der Waals surface area contributed by atoms with Crippen LogP contribution >= 0.6 is 0 Å². The molecule has 0 saturated heterocycles. The zero-order valence-electron chi connectivity index (χ0n) is 13.1. The van der Waals surface area contributed by atoms with Crippen LogP contribution in [0, 0.1) is 6.92 Å². The van der Waals surface area contributed by atoms with Crippen molar-refractivity contribution in [2.75, 3.05) is 0 Å². The molecule has 0 fully saturated rings. The molecule has 0 unspecified atom stereocenters. The lowest BCUT2D eigenvalue weighted by atomic mass is 9.98. The SMILES string of the molecule is CCCn1nc(-c2ccc(C)cc2)cc(C(C)(C)O)c1=O. The van der Waals surface area contributed by atoms with Crippen LogP contribution < -0.4 is 5.56 Å². The van der Waals surface area contributed by atoms with Crippen molar-refractivity contribution >= 4 is 0 Å². The largest absolute Gasteiger partial charge is 0.386 e. The van der Waals surface area contributed by atoms with Gasteiger partial charge in [0.1, 0.15) is 0 Å². The van der Waals surface area contributed by atoms with Crippen molar-refractivity contribution in [1.82, 2.24) is 9.78 Å². The van der Waals surface area contributed by atoms with Gasteiger partial charge in [0, 0.05) is 12.1 Å². The zero-order valence-corrected chi connectivity index (χ0v) is 13.1. The number of nitrogens with zero attached hydrogens (tertiary/aromatic N) is 2. The summed E-state index contributed by atoms with van der Waals surface area (Å²) >= 11 is 0. The summed E-state index contributed by atoms with van der Waals surface area (Å²) in [5, 5.41) is 14.7. The van der Waals surface area contributed by atoms with E-state index in [0.29, 0.717) is 17.8 Å². The van der Waals surface area contributed by atoms with Gasteiger partial charge in [0.2, 0.25) is 0 Å². The molecule has 2 aromatic rings. The first-order valence-electron chi connectivity index (χ1n) is 7.25. The summed E-state index contributed by atoms with van der Waals surface area (Å²) in [6.07, 6.45) is 0.815. The predicted molar refractivity (Wildman–Crippen MR) is 84.2 cm³/mol. The Kier molecular flexibility index (Phi) is 4.28. The maximum atomic E-state index is 12.4. The van der Waals surface area contributed by atoms with Gasteiger partial charge in [-0.15, -0.1) is 0 Å². The topological polar surface area (TPSA) is 55.1 Å². The molecule has 0 radical (unpaired) electrons. The van der Waals surface area contributed by atoms with Crippen molar-refractivity contribution in [3.05, 3.63) is 51.8 Å². The van der Waals surface area contributed by atoms with Gasteiger partial charge in [0.15, 0.2) is 0 Å². The van der Waals surface area contributed by atoms with E-state index in [-0.39, 0.29) is 5.56 Å². The molecule has 112 valence electrons. The van der Waals surface area contributed by atoms with Crippen LogP contribution in [0.3, 0.4) is 0 Å². The van der Waals surface area contributed by atoms with E-state index in [1.807, 2.05) is 38.1 Å². The number of aliphatic hydroxyl groups is 1. The first-order chi connectivity index (χ1) is 9.82. The third kappa shape index (κ3) is 3.39. The summed E-state index contributed by atoms with van der Waals surface area (Å²) in [6, 6.07) is 9.67. The molecule has 1 aromatic carbocycles. The van der Waals surface area contributed by atoms with E-state index in [9.17, 15) is 9.90 Å². The summed E-state index contributed by atoms with van der Waals surface area (Å²) in [5.41, 5.74) is 1.79. The van der Waals surface area contributed by atoms with Crippen LogP contribution in [-0.2, 0) is 12.1 Å². The van der Waals surface area contributed by atoms with Crippen LogP contribution in [-0.4, -0.2) is 14.9 Å². The molecule has 1 N–H and O–H groups in total. The highest BCUT2D eigenvalue weighted by Crippen LogP contribution is 2.22. The normalized spacial score (nSPS) is 11.7. The molecule has 1 aromatic heterocycles. The van der Waals surface area contributed by atoms with Gasteiger partial charge in [-0.05, 0) is 33.3 Å². The van der Waals surface area contributed by atoms with E-state index >= 15 is 0 Å². The van der Waals surface area contributed by atoms with Crippen LogP contribution in [0.2, 0.25) is 0 Å². The Bertz CT molecular complexity index is 679. The highest BCUT2D eigenvalue weighted by molar-refractivity contribution is 5.59. The van der Waals surface area contributed by atoms with Gasteiger partial charge in [-0.3, -0.25) is 4.79 Å². The van der Waals surface area contributed by atoms with Gasteiger partial charge < -0.3 is 5.11 Å². The minimum atomic E-state index is -1.19. The fraction of sp³-hybridized carbons (Fsp3) is 0.412. The molecule has 4 nitrogen and oxygen atoms in total. The Balaban J connectivity index is 2.64. The number of benzene rings is 1. The van der Waals surface area contributed by atoms with Crippen LogP contribution in [0.1, 0.15) is 38.3 Å². The molecule has 0 aliphatic rings. The van der Waals surface area contributed by atoms with Crippen molar-refractivity contribution in [3.63, 3.8) is 0 Å². The van der Waals surface area contributed by atoms with E-state index in [0.717, 1.165) is 12.0 Å². The Morgan fingerprint density at radius 3 is 2.38 bits per heavy atom. The van der Waals surface area contributed by atoms with Crippen molar-refractivity contribution < 1.29 is 5.11 Å². The van der Waals surface area contributed by atoms with Gasteiger partial charge >= 0.3 is 0 Å². The van der Waals surface area contributed by atoms with E-state index in [2.05, 4.69) is 5.10 Å². The van der Waals surface area contributed by atoms with E-state index < -0.39 is 5.60 Å². The Morgan fingerprint density at radius 1 is 1.24 bits per heavy atom. The Hall–Kier alpha value is -1.94. The second-order valence-corrected chi connectivity index (χ2v) is 5.90. The highest BCUT2D eigenvalue weighted by atomic mass is 16.3. The first kappa shape index (κ1) is 15.4. The second-order valence-electron chi connectivity index (χ2n) is 5.90. The molecule has 0 saturated carbocycles. The first-order valence-corrected chi connectivity index (χ1v) is 7.25. The number of rotatable bonds is 4. The maximum absolute atomic E-state index is 12.4.